The first-order chi connectivity index (χ1) is 6.08. The second kappa shape index (κ2) is 5.74. The van der Waals surface area contributed by atoms with Crippen LogP contribution in [0.2, 0.25) is 0 Å². The summed E-state index contributed by atoms with van der Waals surface area (Å²) in [6, 6.07) is 0. The molecule has 1 unspecified atom stereocenters. The highest BCUT2D eigenvalue weighted by molar-refractivity contribution is 7.87. The molecule has 0 aromatic carbocycles. The van der Waals surface area contributed by atoms with E-state index in [1.54, 1.807) is 6.92 Å². The van der Waals surface area contributed by atoms with Gasteiger partial charge < -0.3 is 11.5 Å². The average Bonchev–Trinajstić information content (AvgIpc) is 2.03. The molecule has 0 aliphatic carbocycles. The Kier molecular flexibility index (Phi) is 6.37. The molecular formula is C7H16N2O4S. The van der Waals surface area contributed by atoms with Crippen molar-refractivity contribution in [3.8, 4) is 0 Å². The van der Waals surface area contributed by atoms with Crippen LogP contribution in [0.15, 0.2) is 12.7 Å². The predicted molar refractivity (Wildman–Crippen MR) is 53.8 cm³/mol. The van der Waals surface area contributed by atoms with Crippen LogP contribution in [0.3, 0.4) is 0 Å². The second-order valence-corrected chi connectivity index (χ2v) is 4.63. The van der Waals surface area contributed by atoms with Gasteiger partial charge in [0.05, 0.1) is 0 Å². The van der Waals surface area contributed by atoms with Gasteiger partial charge in [0, 0.05) is 0 Å². The van der Waals surface area contributed by atoms with Crippen molar-refractivity contribution in [2.24, 2.45) is 11.5 Å². The summed E-state index contributed by atoms with van der Waals surface area (Å²) in [6.45, 7) is 5.94. The Hall–Kier alpha value is -0.920. The third kappa shape index (κ3) is 6.58. The van der Waals surface area contributed by atoms with Crippen molar-refractivity contribution in [1.29, 1.82) is 0 Å². The van der Waals surface area contributed by atoms with Gasteiger partial charge in [-0.1, -0.05) is 13.5 Å². The lowest BCUT2D eigenvalue weighted by Crippen LogP contribution is -2.43. The van der Waals surface area contributed by atoms with Gasteiger partial charge >= 0.3 is 0 Å². The van der Waals surface area contributed by atoms with Gasteiger partial charge in [0.2, 0.25) is 5.91 Å². The van der Waals surface area contributed by atoms with Crippen molar-refractivity contribution in [3.05, 3.63) is 12.7 Å². The standard InChI is InChI=1S/C4H11NO3S.C3H5NO/c1-3-4(2,5)9(6,7)8;1-2-3(4)5/h3,5H2,1-2H3,(H,6,7,8);2H,1H2,(H2,4,5). The highest BCUT2D eigenvalue weighted by atomic mass is 32.2. The van der Waals surface area contributed by atoms with Gasteiger partial charge in [-0.15, -0.1) is 0 Å². The number of rotatable bonds is 3. The van der Waals surface area contributed by atoms with Crippen LogP contribution in [-0.2, 0) is 14.9 Å². The maximum atomic E-state index is 10.3. The summed E-state index contributed by atoms with van der Waals surface area (Å²) in [5.41, 5.74) is 9.69. The third-order valence-corrected chi connectivity index (χ3v) is 2.96. The van der Waals surface area contributed by atoms with E-state index in [1.807, 2.05) is 0 Å². The van der Waals surface area contributed by atoms with E-state index >= 15 is 0 Å². The van der Waals surface area contributed by atoms with Crippen molar-refractivity contribution < 1.29 is 17.8 Å². The van der Waals surface area contributed by atoms with Crippen molar-refractivity contribution in [1.82, 2.24) is 0 Å². The van der Waals surface area contributed by atoms with E-state index in [4.69, 9.17) is 10.3 Å². The fourth-order valence-electron chi connectivity index (χ4n) is 0.182. The summed E-state index contributed by atoms with van der Waals surface area (Å²) in [5.74, 6) is -0.481. The molecule has 0 saturated heterocycles. The molecule has 7 heteroatoms. The summed E-state index contributed by atoms with van der Waals surface area (Å²) >= 11 is 0. The molecular weight excluding hydrogens is 208 g/mol. The zero-order chi connectivity index (χ0) is 12.0. The summed E-state index contributed by atoms with van der Waals surface area (Å²) in [5, 5.41) is 0. The molecule has 0 radical (unpaired) electrons. The highest BCUT2D eigenvalue weighted by Gasteiger charge is 2.30. The van der Waals surface area contributed by atoms with Crippen LogP contribution in [0.5, 0.6) is 0 Å². The SMILES string of the molecule is C=CC(N)=O.CCC(C)(N)S(=O)(=O)O. The molecule has 0 rings (SSSR count). The number of hydrogen-bond donors (Lipinski definition) is 3. The highest BCUT2D eigenvalue weighted by Crippen LogP contribution is 2.11. The molecule has 5 N–H and O–H groups in total. The molecule has 0 saturated carbocycles. The molecule has 84 valence electrons. The van der Waals surface area contributed by atoms with Crippen molar-refractivity contribution in [2.45, 2.75) is 25.1 Å². The molecule has 0 fully saturated rings. The largest absolute Gasteiger partial charge is 0.366 e. The van der Waals surface area contributed by atoms with Gasteiger partial charge in [0.1, 0.15) is 4.87 Å². The summed E-state index contributed by atoms with van der Waals surface area (Å²) < 4.78 is 29.0. The Bertz CT molecular complexity index is 295. The normalized spacial score (nSPS) is 14.6. The lowest BCUT2D eigenvalue weighted by atomic mass is 10.3. The molecule has 0 spiro atoms. The Morgan fingerprint density at radius 3 is 1.93 bits per heavy atom. The molecule has 0 aromatic heterocycles. The number of carbonyl (C=O) groups is 1. The Morgan fingerprint density at radius 2 is 1.93 bits per heavy atom. The molecule has 6 nitrogen and oxygen atoms in total. The fourth-order valence-corrected chi connectivity index (χ4v) is 0.547. The first-order valence-electron chi connectivity index (χ1n) is 3.76. The third-order valence-electron chi connectivity index (χ3n) is 1.49. The van der Waals surface area contributed by atoms with E-state index < -0.39 is 20.9 Å². The van der Waals surface area contributed by atoms with E-state index in [0.29, 0.717) is 0 Å². The summed E-state index contributed by atoms with van der Waals surface area (Å²) in [6.07, 6.45) is 1.26. The molecule has 1 atom stereocenters. The van der Waals surface area contributed by atoms with Crippen LogP contribution in [-0.4, -0.2) is 23.7 Å². The first-order valence-corrected chi connectivity index (χ1v) is 5.20. The van der Waals surface area contributed by atoms with Crippen LogP contribution in [0.25, 0.3) is 0 Å². The fraction of sp³-hybridized carbons (Fsp3) is 0.571. The lowest BCUT2D eigenvalue weighted by molar-refractivity contribution is -0.113. The summed E-state index contributed by atoms with van der Waals surface area (Å²) in [7, 11) is -4.07. The molecule has 1 amide bonds. The molecule has 0 bridgehead atoms. The minimum absolute atomic E-state index is 0.200. The molecule has 0 aliphatic heterocycles. The number of nitrogens with two attached hydrogens (primary N) is 2. The Labute approximate surface area is 83.7 Å². The summed E-state index contributed by atoms with van der Waals surface area (Å²) in [4.78, 5) is 7.98. The van der Waals surface area contributed by atoms with Gasteiger partial charge in [-0.05, 0) is 19.4 Å². The van der Waals surface area contributed by atoms with Crippen LogP contribution >= 0.6 is 0 Å². The average molecular weight is 224 g/mol. The number of amides is 1. The van der Waals surface area contributed by atoms with Gasteiger partial charge in [-0.2, -0.15) is 8.42 Å². The quantitative estimate of drug-likeness (QED) is 0.445. The first kappa shape index (κ1) is 15.5. The minimum atomic E-state index is -4.07. The maximum Gasteiger partial charge on any atom is 0.283 e. The molecule has 0 aromatic rings. The monoisotopic (exact) mass is 224 g/mol. The van der Waals surface area contributed by atoms with Gasteiger partial charge in [-0.3, -0.25) is 9.35 Å². The van der Waals surface area contributed by atoms with E-state index in [2.05, 4.69) is 12.3 Å². The minimum Gasteiger partial charge on any atom is -0.366 e. The zero-order valence-electron chi connectivity index (χ0n) is 8.23. The maximum absolute atomic E-state index is 10.3. The van der Waals surface area contributed by atoms with Gasteiger partial charge in [0.15, 0.2) is 0 Å². The predicted octanol–water partition coefficient (Wildman–Crippen LogP) is -0.383. The van der Waals surface area contributed by atoms with Crippen molar-refractivity contribution >= 4 is 16.0 Å². The topological polar surface area (TPSA) is 123 Å². The molecule has 0 heterocycles. The van der Waals surface area contributed by atoms with Gasteiger partial charge in [0.25, 0.3) is 10.1 Å². The molecule has 0 aliphatic rings. The van der Waals surface area contributed by atoms with Crippen LogP contribution in [0.1, 0.15) is 20.3 Å². The number of primary amides is 1. The Balaban J connectivity index is 0. The number of carbonyl (C=O) groups excluding carboxylic acids is 1. The van der Waals surface area contributed by atoms with E-state index in [0.717, 1.165) is 6.08 Å². The van der Waals surface area contributed by atoms with Crippen LogP contribution in [0, 0.1) is 0 Å². The van der Waals surface area contributed by atoms with Crippen LogP contribution in [0.4, 0.5) is 0 Å². The smallest absolute Gasteiger partial charge is 0.283 e. The van der Waals surface area contributed by atoms with Crippen molar-refractivity contribution in [2.75, 3.05) is 0 Å². The molecule has 14 heavy (non-hydrogen) atoms. The van der Waals surface area contributed by atoms with Crippen molar-refractivity contribution in [3.63, 3.8) is 0 Å². The van der Waals surface area contributed by atoms with Crippen LogP contribution < -0.4 is 11.5 Å². The zero-order valence-corrected chi connectivity index (χ0v) is 9.04. The van der Waals surface area contributed by atoms with E-state index in [-0.39, 0.29) is 6.42 Å². The number of hydrogen-bond acceptors (Lipinski definition) is 4. The Morgan fingerprint density at radius 1 is 1.64 bits per heavy atom. The second-order valence-electron chi connectivity index (χ2n) is 2.75. The van der Waals surface area contributed by atoms with E-state index in [9.17, 15) is 13.2 Å². The van der Waals surface area contributed by atoms with E-state index in [1.165, 1.54) is 6.92 Å². The van der Waals surface area contributed by atoms with Gasteiger partial charge in [-0.25, -0.2) is 0 Å². The lowest BCUT2D eigenvalue weighted by Gasteiger charge is -2.17.